The average Bonchev–Trinajstić information content (AvgIpc) is 1.99. The Morgan fingerprint density at radius 1 is 1.07 bits per heavy atom. The molecule has 0 fully saturated rings. The van der Waals surface area contributed by atoms with Crippen molar-refractivity contribution in [3.05, 3.63) is 29.6 Å². The summed E-state index contributed by atoms with van der Waals surface area (Å²) in [5.74, 6) is 0. The van der Waals surface area contributed by atoms with Crippen molar-refractivity contribution in [2.45, 2.75) is 53.4 Å². The Morgan fingerprint density at radius 2 is 1.67 bits per heavy atom. The molecule has 0 spiro atoms. The highest BCUT2D eigenvalue weighted by Gasteiger charge is 2.22. The monoisotopic (exact) mass is 205 g/mol. The molecule has 1 heteroatoms. The fraction of sp³-hybridized carbons (Fsp3) is 0.643. The van der Waals surface area contributed by atoms with E-state index in [-0.39, 0.29) is 5.41 Å². The quantitative estimate of drug-likeness (QED) is 0.676. The summed E-state index contributed by atoms with van der Waals surface area (Å²) in [7, 11) is 0. The molecule has 0 bridgehead atoms. The molecular weight excluding hydrogens is 182 g/mol. The molecule has 0 unspecified atom stereocenters. The molecule has 1 rings (SSSR count). The van der Waals surface area contributed by atoms with E-state index in [0.717, 1.165) is 6.42 Å². The summed E-state index contributed by atoms with van der Waals surface area (Å²) in [5, 5.41) is 0. The van der Waals surface area contributed by atoms with Crippen LogP contribution in [0, 0.1) is 5.41 Å². The van der Waals surface area contributed by atoms with Crippen LogP contribution in [0.1, 0.15) is 52.8 Å². The third-order valence-corrected chi connectivity index (χ3v) is 2.32. The Labute approximate surface area is 93.9 Å². The second-order valence-electron chi connectivity index (χ2n) is 6.50. The molecule has 1 aromatic heterocycles. The lowest BCUT2D eigenvalue weighted by Crippen LogP contribution is -2.19. The highest BCUT2D eigenvalue weighted by atomic mass is 14.7. The Balaban J connectivity index is 3.08. The van der Waals surface area contributed by atoms with E-state index in [1.807, 2.05) is 12.3 Å². The van der Waals surface area contributed by atoms with Gasteiger partial charge in [-0.1, -0.05) is 47.6 Å². The van der Waals surface area contributed by atoms with Crippen molar-refractivity contribution in [2.24, 2.45) is 5.41 Å². The fourth-order valence-electron chi connectivity index (χ4n) is 1.83. The van der Waals surface area contributed by atoms with E-state index in [0.29, 0.717) is 5.41 Å². The van der Waals surface area contributed by atoms with Gasteiger partial charge in [0.1, 0.15) is 0 Å². The van der Waals surface area contributed by atoms with Crippen LogP contribution in [0.3, 0.4) is 0 Å². The zero-order valence-corrected chi connectivity index (χ0v) is 10.9. The van der Waals surface area contributed by atoms with Crippen molar-refractivity contribution in [3.8, 4) is 0 Å². The molecule has 0 radical (unpaired) electrons. The zero-order chi connectivity index (χ0) is 11.7. The van der Waals surface area contributed by atoms with Crippen molar-refractivity contribution in [3.63, 3.8) is 0 Å². The SMILES string of the molecule is CC(C)(C)Cc1cccnc1C(C)(C)C. The van der Waals surface area contributed by atoms with Crippen LogP contribution in [0.15, 0.2) is 18.3 Å². The van der Waals surface area contributed by atoms with Gasteiger partial charge in [-0.05, 0) is 23.5 Å². The Morgan fingerprint density at radius 3 is 2.13 bits per heavy atom. The van der Waals surface area contributed by atoms with Crippen LogP contribution < -0.4 is 0 Å². The first-order valence-electron chi connectivity index (χ1n) is 5.64. The highest BCUT2D eigenvalue weighted by Crippen LogP contribution is 2.28. The summed E-state index contributed by atoms with van der Waals surface area (Å²) in [6.45, 7) is 13.5. The first-order valence-corrected chi connectivity index (χ1v) is 5.64. The molecule has 15 heavy (non-hydrogen) atoms. The summed E-state index contributed by atoms with van der Waals surface area (Å²) in [6.07, 6.45) is 2.99. The average molecular weight is 205 g/mol. The second-order valence-corrected chi connectivity index (χ2v) is 6.50. The van der Waals surface area contributed by atoms with Crippen molar-refractivity contribution < 1.29 is 0 Å². The molecule has 0 saturated heterocycles. The molecule has 0 aliphatic carbocycles. The van der Waals surface area contributed by atoms with Gasteiger partial charge in [0, 0.05) is 17.3 Å². The third kappa shape index (κ3) is 3.65. The van der Waals surface area contributed by atoms with Crippen LogP contribution in [-0.2, 0) is 11.8 Å². The van der Waals surface area contributed by atoms with E-state index < -0.39 is 0 Å². The maximum atomic E-state index is 4.53. The number of pyridine rings is 1. The highest BCUT2D eigenvalue weighted by molar-refractivity contribution is 5.26. The van der Waals surface area contributed by atoms with Crippen molar-refractivity contribution in [1.82, 2.24) is 4.98 Å². The molecule has 0 amide bonds. The summed E-state index contributed by atoms with van der Waals surface area (Å²) in [5.41, 5.74) is 3.09. The largest absolute Gasteiger partial charge is 0.260 e. The minimum atomic E-state index is 0.141. The van der Waals surface area contributed by atoms with Gasteiger partial charge in [0.15, 0.2) is 0 Å². The molecule has 0 saturated carbocycles. The smallest absolute Gasteiger partial charge is 0.0489 e. The number of hydrogen-bond acceptors (Lipinski definition) is 1. The first-order chi connectivity index (χ1) is 6.70. The van der Waals surface area contributed by atoms with Gasteiger partial charge < -0.3 is 0 Å². The van der Waals surface area contributed by atoms with Crippen LogP contribution in [0.4, 0.5) is 0 Å². The van der Waals surface area contributed by atoms with Gasteiger partial charge in [-0.2, -0.15) is 0 Å². The molecule has 0 aliphatic rings. The molecule has 0 aromatic carbocycles. The lowest BCUT2D eigenvalue weighted by Gasteiger charge is -2.25. The van der Waals surface area contributed by atoms with E-state index in [1.165, 1.54) is 11.3 Å². The number of aromatic nitrogens is 1. The molecule has 0 N–H and O–H groups in total. The maximum absolute atomic E-state index is 4.53. The third-order valence-electron chi connectivity index (χ3n) is 2.32. The standard InChI is InChI=1S/C14H23N/c1-13(2,3)10-11-8-7-9-15-12(11)14(4,5)6/h7-9H,10H2,1-6H3. The molecule has 1 heterocycles. The van der Waals surface area contributed by atoms with Crippen LogP contribution in [0.5, 0.6) is 0 Å². The first kappa shape index (κ1) is 12.2. The predicted octanol–water partition coefficient (Wildman–Crippen LogP) is 3.97. The van der Waals surface area contributed by atoms with Crippen LogP contribution in [0.25, 0.3) is 0 Å². The van der Waals surface area contributed by atoms with Crippen LogP contribution in [0.2, 0.25) is 0 Å². The maximum Gasteiger partial charge on any atom is 0.0489 e. The topological polar surface area (TPSA) is 12.9 Å². The lowest BCUT2D eigenvalue weighted by molar-refractivity contribution is 0.404. The van der Waals surface area contributed by atoms with E-state index >= 15 is 0 Å². The van der Waals surface area contributed by atoms with E-state index in [1.54, 1.807) is 0 Å². The molecular formula is C14H23N. The van der Waals surface area contributed by atoms with Crippen molar-refractivity contribution >= 4 is 0 Å². The normalized spacial score (nSPS) is 12.9. The second kappa shape index (κ2) is 3.96. The minimum absolute atomic E-state index is 0.141. The van der Waals surface area contributed by atoms with E-state index in [9.17, 15) is 0 Å². The molecule has 1 nitrogen and oxygen atoms in total. The fourth-order valence-corrected chi connectivity index (χ4v) is 1.83. The number of hydrogen-bond donors (Lipinski definition) is 0. The van der Waals surface area contributed by atoms with Crippen molar-refractivity contribution in [2.75, 3.05) is 0 Å². The van der Waals surface area contributed by atoms with Gasteiger partial charge in [-0.15, -0.1) is 0 Å². The van der Waals surface area contributed by atoms with E-state index in [4.69, 9.17) is 0 Å². The Bertz CT molecular complexity index is 326. The predicted molar refractivity (Wildman–Crippen MR) is 66.1 cm³/mol. The Hall–Kier alpha value is -0.850. The summed E-state index contributed by atoms with van der Waals surface area (Å²) >= 11 is 0. The molecule has 1 aromatic rings. The number of nitrogens with zero attached hydrogens (tertiary/aromatic N) is 1. The van der Waals surface area contributed by atoms with E-state index in [2.05, 4.69) is 52.6 Å². The summed E-state index contributed by atoms with van der Waals surface area (Å²) in [4.78, 5) is 4.53. The van der Waals surface area contributed by atoms with Crippen LogP contribution in [-0.4, -0.2) is 4.98 Å². The van der Waals surface area contributed by atoms with Gasteiger partial charge in [0.25, 0.3) is 0 Å². The van der Waals surface area contributed by atoms with Gasteiger partial charge in [0.05, 0.1) is 0 Å². The van der Waals surface area contributed by atoms with Gasteiger partial charge >= 0.3 is 0 Å². The molecule has 0 atom stereocenters. The van der Waals surface area contributed by atoms with Gasteiger partial charge in [0.2, 0.25) is 0 Å². The van der Waals surface area contributed by atoms with Crippen LogP contribution >= 0.6 is 0 Å². The lowest BCUT2D eigenvalue weighted by atomic mass is 9.81. The summed E-state index contributed by atoms with van der Waals surface area (Å²) < 4.78 is 0. The minimum Gasteiger partial charge on any atom is -0.260 e. The summed E-state index contributed by atoms with van der Waals surface area (Å²) in [6, 6.07) is 4.25. The zero-order valence-electron chi connectivity index (χ0n) is 10.9. The molecule has 0 aliphatic heterocycles. The number of rotatable bonds is 1. The van der Waals surface area contributed by atoms with Gasteiger partial charge in [-0.3, -0.25) is 4.98 Å². The van der Waals surface area contributed by atoms with Gasteiger partial charge in [-0.25, -0.2) is 0 Å². The molecule has 84 valence electrons. The Kier molecular flexibility index (Phi) is 3.22. The van der Waals surface area contributed by atoms with Crippen molar-refractivity contribution in [1.29, 1.82) is 0 Å².